The van der Waals surface area contributed by atoms with E-state index in [9.17, 15) is 4.79 Å². The smallest absolute Gasteiger partial charge is 0.251 e. The van der Waals surface area contributed by atoms with Gasteiger partial charge < -0.3 is 15.5 Å². The third-order valence-electron chi connectivity index (χ3n) is 3.63. The summed E-state index contributed by atoms with van der Waals surface area (Å²) in [6, 6.07) is 8.18. The van der Waals surface area contributed by atoms with Gasteiger partial charge in [-0.15, -0.1) is 0 Å². The summed E-state index contributed by atoms with van der Waals surface area (Å²) < 4.78 is 0. The van der Waals surface area contributed by atoms with Crippen molar-refractivity contribution >= 4 is 11.6 Å². The fourth-order valence-electron chi connectivity index (χ4n) is 1.99. The predicted octanol–water partition coefficient (Wildman–Crippen LogP) is 2.97. The normalized spacial score (nSPS) is 11.0. The zero-order valence-electron chi connectivity index (χ0n) is 13.8. The Labute approximate surface area is 128 Å². The molecule has 0 aliphatic rings. The zero-order chi connectivity index (χ0) is 15.7. The topological polar surface area (TPSA) is 44.4 Å². The molecule has 21 heavy (non-hydrogen) atoms. The summed E-state index contributed by atoms with van der Waals surface area (Å²) in [4.78, 5) is 14.3. The number of nitrogens with one attached hydrogen (secondary N) is 2. The van der Waals surface area contributed by atoms with E-state index >= 15 is 0 Å². The van der Waals surface area contributed by atoms with Gasteiger partial charge in [0.15, 0.2) is 0 Å². The molecule has 0 radical (unpaired) electrons. The minimum absolute atomic E-state index is 0.00950. The highest BCUT2D eigenvalue weighted by atomic mass is 16.1. The number of benzene rings is 1. The van der Waals surface area contributed by atoms with Gasteiger partial charge in [0, 0.05) is 30.4 Å². The van der Waals surface area contributed by atoms with Crippen molar-refractivity contribution in [1.29, 1.82) is 0 Å². The molecule has 0 spiro atoms. The lowest BCUT2D eigenvalue weighted by Gasteiger charge is -2.20. The molecule has 0 fully saturated rings. The summed E-state index contributed by atoms with van der Waals surface area (Å²) in [7, 11) is 2.13. The highest BCUT2D eigenvalue weighted by molar-refractivity contribution is 5.94. The Hall–Kier alpha value is -1.55. The number of nitrogens with zero attached hydrogens (tertiary/aromatic N) is 1. The summed E-state index contributed by atoms with van der Waals surface area (Å²) in [6.45, 7) is 9.13. The number of carbonyl (C=O) groups excluding carboxylic acids is 1. The zero-order valence-corrected chi connectivity index (χ0v) is 13.8. The minimum atomic E-state index is 0.00950. The van der Waals surface area contributed by atoms with Crippen LogP contribution in [-0.2, 0) is 0 Å². The van der Waals surface area contributed by atoms with Crippen LogP contribution >= 0.6 is 0 Å². The van der Waals surface area contributed by atoms with Crippen LogP contribution in [-0.4, -0.2) is 43.5 Å². The molecule has 2 N–H and O–H groups in total. The number of unbranched alkanes of at least 4 members (excludes halogenated alkanes) is 1. The number of hydrogen-bond donors (Lipinski definition) is 2. The van der Waals surface area contributed by atoms with Crippen LogP contribution in [0.4, 0.5) is 5.69 Å². The van der Waals surface area contributed by atoms with Gasteiger partial charge in [0.05, 0.1) is 0 Å². The fraction of sp³-hybridized carbons (Fsp3) is 0.588. The Kier molecular flexibility index (Phi) is 7.83. The van der Waals surface area contributed by atoms with Crippen molar-refractivity contribution in [3.05, 3.63) is 29.8 Å². The Morgan fingerprint density at radius 1 is 1.19 bits per heavy atom. The molecule has 1 rings (SSSR count). The van der Waals surface area contributed by atoms with Crippen molar-refractivity contribution in [2.24, 2.45) is 0 Å². The van der Waals surface area contributed by atoms with Crippen molar-refractivity contribution < 1.29 is 4.79 Å². The molecule has 0 bridgehead atoms. The van der Waals surface area contributed by atoms with E-state index in [1.807, 2.05) is 24.3 Å². The predicted molar refractivity (Wildman–Crippen MR) is 89.9 cm³/mol. The first-order valence-corrected chi connectivity index (χ1v) is 7.87. The van der Waals surface area contributed by atoms with E-state index < -0.39 is 0 Å². The molecule has 0 aliphatic carbocycles. The lowest BCUT2D eigenvalue weighted by Crippen LogP contribution is -2.29. The molecule has 0 aromatic heterocycles. The monoisotopic (exact) mass is 291 g/mol. The van der Waals surface area contributed by atoms with E-state index in [0.29, 0.717) is 6.04 Å². The summed E-state index contributed by atoms with van der Waals surface area (Å²) >= 11 is 0. The van der Waals surface area contributed by atoms with Crippen LogP contribution in [0.1, 0.15) is 44.0 Å². The molecule has 4 nitrogen and oxygen atoms in total. The minimum Gasteiger partial charge on any atom is -0.385 e. The van der Waals surface area contributed by atoms with E-state index in [2.05, 4.69) is 43.4 Å². The number of rotatable bonds is 9. The van der Waals surface area contributed by atoms with Crippen molar-refractivity contribution in [2.75, 3.05) is 32.0 Å². The lowest BCUT2D eigenvalue weighted by atomic mass is 10.2. The third-order valence-corrected chi connectivity index (χ3v) is 3.63. The second-order valence-corrected chi connectivity index (χ2v) is 5.65. The highest BCUT2D eigenvalue weighted by Gasteiger charge is 2.05. The highest BCUT2D eigenvalue weighted by Crippen LogP contribution is 2.09. The quantitative estimate of drug-likeness (QED) is 0.688. The summed E-state index contributed by atoms with van der Waals surface area (Å²) in [5.74, 6) is 0.00950. The number of hydrogen-bond acceptors (Lipinski definition) is 3. The van der Waals surface area contributed by atoms with E-state index in [0.717, 1.165) is 43.7 Å². The van der Waals surface area contributed by atoms with Gasteiger partial charge in [0.1, 0.15) is 0 Å². The molecular weight excluding hydrogens is 262 g/mol. The molecule has 1 amide bonds. The molecule has 4 heteroatoms. The molecular formula is C17H29N3O. The van der Waals surface area contributed by atoms with Crippen molar-refractivity contribution in [3.63, 3.8) is 0 Å². The van der Waals surface area contributed by atoms with Gasteiger partial charge in [0.2, 0.25) is 0 Å². The maximum absolute atomic E-state index is 12.0. The Bertz CT molecular complexity index is 415. The second-order valence-electron chi connectivity index (χ2n) is 5.65. The maximum atomic E-state index is 12.0. The Morgan fingerprint density at radius 2 is 1.86 bits per heavy atom. The van der Waals surface area contributed by atoms with Gasteiger partial charge in [-0.05, 0) is 71.5 Å². The fourth-order valence-corrected chi connectivity index (χ4v) is 1.99. The van der Waals surface area contributed by atoms with Crippen molar-refractivity contribution in [1.82, 2.24) is 10.2 Å². The van der Waals surface area contributed by atoms with Crippen LogP contribution in [0, 0.1) is 0 Å². The molecule has 0 atom stereocenters. The Morgan fingerprint density at radius 3 is 2.43 bits per heavy atom. The maximum Gasteiger partial charge on any atom is 0.251 e. The molecule has 0 saturated carbocycles. The number of anilines is 1. The van der Waals surface area contributed by atoms with Crippen molar-refractivity contribution in [3.8, 4) is 0 Å². The van der Waals surface area contributed by atoms with Crippen LogP contribution in [0.3, 0.4) is 0 Å². The van der Waals surface area contributed by atoms with Gasteiger partial charge in [0.25, 0.3) is 5.91 Å². The summed E-state index contributed by atoms with van der Waals surface area (Å²) in [6.07, 6.45) is 2.12. The third kappa shape index (κ3) is 6.63. The first kappa shape index (κ1) is 17.5. The van der Waals surface area contributed by atoms with Gasteiger partial charge in [-0.3, -0.25) is 4.79 Å². The average molecular weight is 291 g/mol. The summed E-state index contributed by atoms with van der Waals surface area (Å²) in [5, 5.41) is 6.19. The lowest BCUT2D eigenvalue weighted by molar-refractivity contribution is 0.0952. The number of amides is 1. The van der Waals surface area contributed by atoms with Crippen LogP contribution in [0.25, 0.3) is 0 Å². The van der Waals surface area contributed by atoms with Gasteiger partial charge in [-0.2, -0.15) is 0 Å². The van der Waals surface area contributed by atoms with Crippen molar-refractivity contribution in [2.45, 2.75) is 39.7 Å². The summed E-state index contributed by atoms with van der Waals surface area (Å²) in [5.41, 5.74) is 1.77. The first-order valence-electron chi connectivity index (χ1n) is 7.87. The van der Waals surface area contributed by atoms with Gasteiger partial charge in [-0.1, -0.05) is 0 Å². The van der Waals surface area contributed by atoms with Gasteiger partial charge >= 0.3 is 0 Å². The van der Waals surface area contributed by atoms with E-state index in [1.165, 1.54) is 0 Å². The van der Waals surface area contributed by atoms with E-state index in [1.54, 1.807) is 0 Å². The van der Waals surface area contributed by atoms with E-state index in [-0.39, 0.29) is 5.91 Å². The second kappa shape index (κ2) is 9.40. The molecule has 0 unspecified atom stereocenters. The molecule has 0 saturated heterocycles. The Balaban J connectivity index is 2.24. The van der Waals surface area contributed by atoms with E-state index in [4.69, 9.17) is 0 Å². The van der Waals surface area contributed by atoms with Crippen LogP contribution in [0.5, 0.6) is 0 Å². The molecule has 0 aliphatic heterocycles. The standard InChI is InChI=1S/C17H29N3O/c1-5-18-16-10-8-15(9-11-16)17(21)19-12-6-7-13-20(4)14(2)3/h8-11,14,18H,5-7,12-13H2,1-4H3,(H,19,21). The SMILES string of the molecule is CCNc1ccc(C(=O)NCCCCN(C)C(C)C)cc1. The van der Waals surface area contributed by atoms with Crippen LogP contribution < -0.4 is 10.6 Å². The largest absolute Gasteiger partial charge is 0.385 e. The molecule has 1 aromatic rings. The molecule has 118 valence electrons. The van der Waals surface area contributed by atoms with Crippen LogP contribution in [0.2, 0.25) is 0 Å². The molecule has 0 heterocycles. The van der Waals surface area contributed by atoms with Crippen LogP contribution in [0.15, 0.2) is 24.3 Å². The average Bonchev–Trinajstić information content (AvgIpc) is 2.47. The van der Waals surface area contributed by atoms with Gasteiger partial charge in [-0.25, -0.2) is 0 Å². The first-order chi connectivity index (χ1) is 10.0. The number of carbonyl (C=O) groups is 1. The molecule has 1 aromatic carbocycles.